The SMILES string of the molecule is COCCCOCCOC(=O)C1CCNc2ccccc21. The molecule has 5 heteroatoms. The number of hydrogen-bond donors (Lipinski definition) is 1. The zero-order chi connectivity index (χ0) is 14.9. The van der Waals surface area contributed by atoms with E-state index in [4.69, 9.17) is 14.2 Å². The van der Waals surface area contributed by atoms with Gasteiger partial charge in [-0.25, -0.2) is 0 Å². The van der Waals surface area contributed by atoms with Crippen molar-refractivity contribution in [2.24, 2.45) is 0 Å². The van der Waals surface area contributed by atoms with Crippen LogP contribution < -0.4 is 5.32 Å². The summed E-state index contributed by atoms with van der Waals surface area (Å²) in [4.78, 5) is 12.2. The van der Waals surface area contributed by atoms with Crippen molar-refractivity contribution in [1.82, 2.24) is 0 Å². The van der Waals surface area contributed by atoms with Crippen molar-refractivity contribution in [3.63, 3.8) is 0 Å². The van der Waals surface area contributed by atoms with Crippen molar-refractivity contribution in [1.29, 1.82) is 0 Å². The third kappa shape index (κ3) is 4.72. The van der Waals surface area contributed by atoms with Crippen LogP contribution in [0, 0.1) is 0 Å². The predicted molar refractivity (Wildman–Crippen MR) is 80.6 cm³/mol. The molecule has 0 aromatic heterocycles. The Labute approximate surface area is 125 Å². The molecule has 2 rings (SSSR count). The monoisotopic (exact) mass is 293 g/mol. The van der Waals surface area contributed by atoms with Crippen LogP contribution in [0.15, 0.2) is 24.3 Å². The highest BCUT2D eigenvalue weighted by molar-refractivity contribution is 5.81. The van der Waals surface area contributed by atoms with Crippen LogP contribution in [0.1, 0.15) is 24.3 Å². The molecule has 0 fully saturated rings. The number of rotatable bonds is 8. The van der Waals surface area contributed by atoms with Crippen molar-refractivity contribution < 1.29 is 19.0 Å². The molecule has 0 saturated carbocycles. The van der Waals surface area contributed by atoms with E-state index in [0.717, 1.165) is 30.6 Å². The lowest BCUT2D eigenvalue weighted by atomic mass is 9.91. The van der Waals surface area contributed by atoms with E-state index in [-0.39, 0.29) is 11.9 Å². The summed E-state index contributed by atoms with van der Waals surface area (Å²) >= 11 is 0. The number of esters is 1. The lowest BCUT2D eigenvalue weighted by molar-refractivity contribution is -0.147. The van der Waals surface area contributed by atoms with Gasteiger partial charge >= 0.3 is 5.97 Å². The van der Waals surface area contributed by atoms with E-state index >= 15 is 0 Å². The van der Waals surface area contributed by atoms with E-state index in [2.05, 4.69) is 5.32 Å². The summed E-state index contributed by atoms with van der Waals surface area (Å²) in [5, 5.41) is 3.30. The number of hydrogen-bond acceptors (Lipinski definition) is 5. The fraction of sp³-hybridized carbons (Fsp3) is 0.562. The molecule has 1 aromatic carbocycles. The summed E-state index contributed by atoms with van der Waals surface area (Å²) in [5.41, 5.74) is 2.05. The lowest BCUT2D eigenvalue weighted by Gasteiger charge is -2.25. The number of para-hydroxylation sites is 1. The summed E-state index contributed by atoms with van der Waals surface area (Å²) in [6.45, 7) is 2.84. The summed E-state index contributed by atoms with van der Waals surface area (Å²) in [7, 11) is 1.67. The molecule has 0 bridgehead atoms. The number of nitrogens with one attached hydrogen (secondary N) is 1. The maximum Gasteiger partial charge on any atom is 0.313 e. The first-order chi connectivity index (χ1) is 10.3. The van der Waals surface area contributed by atoms with Crippen LogP contribution in [0.25, 0.3) is 0 Å². The van der Waals surface area contributed by atoms with Gasteiger partial charge in [0.1, 0.15) is 6.61 Å². The molecule has 0 aliphatic carbocycles. The Kier molecular flexibility index (Phi) is 6.50. The lowest BCUT2D eigenvalue weighted by Crippen LogP contribution is -2.25. The molecule has 1 atom stereocenters. The van der Waals surface area contributed by atoms with E-state index in [0.29, 0.717) is 26.4 Å². The normalized spacial score (nSPS) is 16.9. The molecule has 5 nitrogen and oxygen atoms in total. The standard InChI is InChI=1S/C16H23NO4/c1-19-9-4-10-20-11-12-21-16(18)14-7-8-17-15-6-3-2-5-13(14)15/h2-3,5-6,14,17H,4,7-12H2,1H3. The highest BCUT2D eigenvalue weighted by Crippen LogP contribution is 2.31. The Bertz CT molecular complexity index is 450. The van der Waals surface area contributed by atoms with Crippen LogP contribution in [0.2, 0.25) is 0 Å². The van der Waals surface area contributed by atoms with Crippen molar-refractivity contribution in [3.05, 3.63) is 29.8 Å². The minimum Gasteiger partial charge on any atom is -0.463 e. The second-order valence-corrected chi connectivity index (χ2v) is 4.98. The average Bonchev–Trinajstić information content (AvgIpc) is 2.53. The van der Waals surface area contributed by atoms with Crippen LogP contribution >= 0.6 is 0 Å². The quantitative estimate of drug-likeness (QED) is 0.588. The number of fused-ring (bicyclic) bond motifs is 1. The third-order valence-electron chi connectivity index (χ3n) is 3.48. The van der Waals surface area contributed by atoms with Gasteiger partial charge in [0.05, 0.1) is 12.5 Å². The van der Waals surface area contributed by atoms with Crippen LogP contribution in [0.3, 0.4) is 0 Å². The molecular weight excluding hydrogens is 270 g/mol. The average molecular weight is 293 g/mol. The fourth-order valence-corrected chi connectivity index (χ4v) is 2.42. The van der Waals surface area contributed by atoms with Gasteiger partial charge in [0, 0.05) is 32.6 Å². The fourth-order valence-electron chi connectivity index (χ4n) is 2.42. The molecule has 1 heterocycles. The number of ether oxygens (including phenoxy) is 3. The molecule has 0 radical (unpaired) electrons. The number of methoxy groups -OCH3 is 1. The van der Waals surface area contributed by atoms with E-state index in [1.807, 2.05) is 24.3 Å². The molecule has 21 heavy (non-hydrogen) atoms. The van der Waals surface area contributed by atoms with Crippen LogP contribution in [0.5, 0.6) is 0 Å². The molecular formula is C16H23NO4. The largest absolute Gasteiger partial charge is 0.463 e. The van der Waals surface area contributed by atoms with Gasteiger partial charge in [-0.05, 0) is 24.5 Å². The van der Waals surface area contributed by atoms with E-state index in [1.54, 1.807) is 7.11 Å². The highest BCUT2D eigenvalue weighted by atomic mass is 16.6. The summed E-state index contributed by atoms with van der Waals surface area (Å²) < 4.78 is 15.6. The van der Waals surface area contributed by atoms with Gasteiger partial charge in [-0.1, -0.05) is 18.2 Å². The maximum atomic E-state index is 12.2. The maximum absolute atomic E-state index is 12.2. The Morgan fingerprint density at radius 3 is 2.95 bits per heavy atom. The molecule has 116 valence electrons. The van der Waals surface area contributed by atoms with Gasteiger partial charge in [-0.2, -0.15) is 0 Å². The first kappa shape index (κ1) is 15.8. The van der Waals surface area contributed by atoms with Crippen molar-refractivity contribution >= 4 is 11.7 Å². The summed E-state index contributed by atoms with van der Waals surface area (Å²) in [6.07, 6.45) is 1.62. The predicted octanol–water partition coefficient (Wildman–Crippen LogP) is 2.18. The smallest absolute Gasteiger partial charge is 0.313 e. The Morgan fingerprint density at radius 2 is 2.10 bits per heavy atom. The molecule has 1 N–H and O–H groups in total. The van der Waals surface area contributed by atoms with Crippen LogP contribution in [-0.2, 0) is 19.0 Å². The van der Waals surface area contributed by atoms with Gasteiger partial charge in [-0.15, -0.1) is 0 Å². The van der Waals surface area contributed by atoms with Crippen molar-refractivity contribution in [2.75, 3.05) is 45.4 Å². The number of benzene rings is 1. The Morgan fingerprint density at radius 1 is 1.24 bits per heavy atom. The minimum absolute atomic E-state index is 0.163. The Balaban J connectivity index is 1.72. The first-order valence-corrected chi connectivity index (χ1v) is 7.39. The molecule has 1 aromatic rings. The van der Waals surface area contributed by atoms with Gasteiger partial charge in [0.15, 0.2) is 0 Å². The van der Waals surface area contributed by atoms with Crippen LogP contribution in [0.4, 0.5) is 5.69 Å². The topological polar surface area (TPSA) is 56.8 Å². The van der Waals surface area contributed by atoms with Gasteiger partial charge < -0.3 is 19.5 Å². The van der Waals surface area contributed by atoms with Gasteiger partial charge in [0.2, 0.25) is 0 Å². The summed E-state index contributed by atoms with van der Waals surface area (Å²) in [5.74, 6) is -0.333. The van der Waals surface area contributed by atoms with Gasteiger partial charge in [0.25, 0.3) is 0 Å². The van der Waals surface area contributed by atoms with E-state index in [1.165, 1.54) is 0 Å². The molecule has 1 aliphatic heterocycles. The second kappa shape index (κ2) is 8.64. The van der Waals surface area contributed by atoms with Crippen molar-refractivity contribution in [2.45, 2.75) is 18.8 Å². The zero-order valence-corrected chi connectivity index (χ0v) is 12.5. The Hall–Kier alpha value is -1.59. The van der Waals surface area contributed by atoms with Gasteiger partial charge in [-0.3, -0.25) is 4.79 Å². The molecule has 0 saturated heterocycles. The molecule has 0 spiro atoms. The van der Waals surface area contributed by atoms with Crippen molar-refractivity contribution in [3.8, 4) is 0 Å². The highest BCUT2D eigenvalue weighted by Gasteiger charge is 2.27. The number of carbonyl (C=O) groups is 1. The third-order valence-corrected chi connectivity index (χ3v) is 3.48. The minimum atomic E-state index is -0.170. The first-order valence-electron chi connectivity index (χ1n) is 7.39. The summed E-state index contributed by atoms with van der Waals surface area (Å²) in [6, 6.07) is 7.89. The second-order valence-electron chi connectivity index (χ2n) is 4.98. The van der Waals surface area contributed by atoms with E-state index in [9.17, 15) is 4.79 Å². The van der Waals surface area contributed by atoms with E-state index < -0.39 is 0 Å². The number of carbonyl (C=O) groups excluding carboxylic acids is 1. The molecule has 1 unspecified atom stereocenters. The zero-order valence-electron chi connectivity index (χ0n) is 12.5. The van der Waals surface area contributed by atoms with Crippen LogP contribution in [-0.4, -0.2) is 46.1 Å². The number of anilines is 1. The molecule has 0 amide bonds. The molecule has 1 aliphatic rings.